The topological polar surface area (TPSA) is 50.3 Å². The highest BCUT2D eigenvalue weighted by Crippen LogP contribution is 2.36. The molecule has 2 aromatic carbocycles. The van der Waals surface area contributed by atoms with Crippen LogP contribution in [-0.4, -0.2) is 26.9 Å². The molecule has 1 aliphatic rings. The highest BCUT2D eigenvalue weighted by Gasteiger charge is 2.39. The van der Waals surface area contributed by atoms with Crippen LogP contribution in [0.15, 0.2) is 58.9 Å². The number of fused-ring (bicyclic) bond motifs is 1. The van der Waals surface area contributed by atoms with Crippen molar-refractivity contribution in [3.63, 3.8) is 0 Å². The lowest BCUT2D eigenvalue weighted by Crippen LogP contribution is -2.30. The lowest BCUT2D eigenvalue weighted by Gasteiger charge is -2.14. The van der Waals surface area contributed by atoms with Crippen LogP contribution >= 0.6 is 23.1 Å². The van der Waals surface area contributed by atoms with Crippen molar-refractivity contribution in [3.05, 3.63) is 60.2 Å². The van der Waals surface area contributed by atoms with E-state index in [9.17, 15) is 9.59 Å². The Balaban J connectivity index is 1.50. The van der Waals surface area contributed by atoms with Gasteiger partial charge in [-0.1, -0.05) is 54.2 Å². The van der Waals surface area contributed by atoms with Crippen molar-refractivity contribution in [2.75, 3.05) is 0 Å². The van der Waals surface area contributed by atoms with Gasteiger partial charge >= 0.3 is 0 Å². The van der Waals surface area contributed by atoms with E-state index in [4.69, 9.17) is 0 Å². The van der Waals surface area contributed by atoms with Gasteiger partial charge in [-0.25, -0.2) is 4.98 Å². The molecule has 0 unspecified atom stereocenters. The van der Waals surface area contributed by atoms with Crippen molar-refractivity contribution in [1.82, 2.24) is 9.88 Å². The monoisotopic (exact) mass is 354 g/mol. The number of hydrogen-bond acceptors (Lipinski definition) is 5. The third kappa shape index (κ3) is 2.95. The molecule has 2 amide bonds. The van der Waals surface area contributed by atoms with E-state index in [1.165, 1.54) is 16.7 Å². The van der Waals surface area contributed by atoms with E-state index >= 15 is 0 Å². The molecule has 24 heavy (non-hydrogen) atoms. The number of thioether (sulfide) groups is 1. The molecular formula is C18H14N2O2S2. The van der Waals surface area contributed by atoms with E-state index in [0.717, 1.165) is 20.1 Å². The van der Waals surface area contributed by atoms with Crippen molar-refractivity contribution in [2.24, 2.45) is 0 Å². The molecule has 0 saturated carbocycles. The summed E-state index contributed by atoms with van der Waals surface area (Å²) in [4.78, 5) is 30.7. The van der Waals surface area contributed by atoms with Crippen molar-refractivity contribution in [1.29, 1.82) is 0 Å². The molecule has 3 aromatic rings. The van der Waals surface area contributed by atoms with Gasteiger partial charge in [-0.2, -0.15) is 0 Å². The predicted octanol–water partition coefficient (Wildman–Crippen LogP) is 3.72. The van der Waals surface area contributed by atoms with Gasteiger partial charge in [0, 0.05) is 6.42 Å². The lowest BCUT2D eigenvalue weighted by molar-refractivity contribution is -0.138. The van der Waals surface area contributed by atoms with Gasteiger partial charge in [-0.15, -0.1) is 11.3 Å². The number of para-hydroxylation sites is 1. The zero-order chi connectivity index (χ0) is 16.5. The second-order valence-electron chi connectivity index (χ2n) is 5.56. The van der Waals surface area contributed by atoms with E-state index in [2.05, 4.69) is 4.98 Å². The predicted molar refractivity (Wildman–Crippen MR) is 95.9 cm³/mol. The number of nitrogens with zero attached hydrogens (tertiary/aromatic N) is 2. The molecular weight excluding hydrogens is 340 g/mol. The molecule has 1 saturated heterocycles. The zero-order valence-corrected chi connectivity index (χ0v) is 14.3. The molecule has 6 heteroatoms. The average molecular weight is 354 g/mol. The van der Waals surface area contributed by atoms with Crippen LogP contribution in [0.1, 0.15) is 12.0 Å². The molecule has 4 nitrogen and oxygen atoms in total. The molecule has 2 heterocycles. The van der Waals surface area contributed by atoms with Gasteiger partial charge in [0.15, 0.2) is 4.34 Å². The number of aromatic nitrogens is 1. The van der Waals surface area contributed by atoms with E-state index in [-0.39, 0.29) is 23.5 Å². The van der Waals surface area contributed by atoms with Crippen LogP contribution in [-0.2, 0) is 16.1 Å². The number of thiazole rings is 1. The largest absolute Gasteiger partial charge is 0.277 e. The van der Waals surface area contributed by atoms with Gasteiger partial charge in [-0.05, 0) is 17.7 Å². The summed E-state index contributed by atoms with van der Waals surface area (Å²) >= 11 is 2.96. The van der Waals surface area contributed by atoms with Gasteiger partial charge in [0.1, 0.15) is 0 Å². The highest BCUT2D eigenvalue weighted by molar-refractivity contribution is 8.02. The quantitative estimate of drug-likeness (QED) is 0.670. The third-order valence-corrected chi connectivity index (χ3v) is 6.22. The van der Waals surface area contributed by atoms with Crippen LogP contribution in [0.4, 0.5) is 0 Å². The Bertz CT molecular complexity index is 875. The average Bonchev–Trinajstić information content (AvgIpc) is 3.12. The molecule has 0 N–H and O–H groups in total. The summed E-state index contributed by atoms with van der Waals surface area (Å²) in [5, 5.41) is -0.373. The summed E-state index contributed by atoms with van der Waals surface area (Å²) in [5.41, 5.74) is 1.90. The summed E-state index contributed by atoms with van der Waals surface area (Å²) < 4.78 is 1.93. The maximum atomic E-state index is 12.6. The smallest absolute Gasteiger partial charge is 0.243 e. The van der Waals surface area contributed by atoms with E-state index in [1.807, 2.05) is 54.6 Å². The minimum atomic E-state index is -0.373. The molecule has 0 spiro atoms. The van der Waals surface area contributed by atoms with Crippen LogP contribution in [0.2, 0.25) is 0 Å². The van der Waals surface area contributed by atoms with Crippen molar-refractivity contribution in [2.45, 2.75) is 22.6 Å². The molecule has 1 fully saturated rings. The van der Waals surface area contributed by atoms with Crippen LogP contribution in [0, 0.1) is 0 Å². The SMILES string of the molecule is O=C1C[C@@H](Sc2nc3ccccc3s2)C(=O)N1Cc1ccccc1. The summed E-state index contributed by atoms with van der Waals surface area (Å²) in [5.74, 6) is -0.226. The molecule has 0 radical (unpaired) electrons. The number of likely N-dealkylation sites (tertiary alicyclic amines) is 1. The standard InChI is InChI=1S/C18H14N2O2S2/c21-16-10-15(17(22)20(16)11-12-6-2-1-3-7-12)24-18-19-13-8-4-5-9-14(13)23-18/h1-9,15H,10-11H2/t15-/m1/s1. The molecule has 1 aliphatic heterocycles. The normalized spacial score (nSPS) is 17.8. The van der Waals surface area contributed by atoms with Crippen molar-refractivity contribution in [3.8, 4) is 0 Å². The van der Waals surface area contributed by atoms with Gasteiger partial charge in [0.25, 0.3) is 0 Å². The maximum absolute atomic E-state index is 12.6. The van der Waals surface area contributed by atoms with E-state index in [1.54, 1.807) is 11.3 Å². The van der Waals surface area contributed by atoms with E-state index < -0.39 is 0 Å². The first-order valence-electron chi connectivity index (χ1n) is 7.61. The molecule has 0 bridgehead atoms. The molecule has 1 atom stereocenters. The van der Waals surface area contributed by atoms with Crippen LogP contribution in [0.3, 0.4) is 0 Å². The Morgan fingerprint density at radius 1 is 1.08 bits per heavy atom. The van der Waals surface area contributed by atoms with Gasteiger partial charge in [-0.3, -0.25) is 14.5 Å². The minimum absolute atomic E-state index is 0.109. The summed E-state index contributed by atoms with van der Waals surface area (Å²) in [6.07, 6.45) is 0.242. The van der Waals surface area contributed by atoms with Crippen molar-refractivity contribution < 1.29 is 9.59 Å². The third-order valence-electron chi connectivity index (χ3n) is 3.90. The minimum Gasteiger partial charge on any atom is -0.277 e. The van der Waals surface area contributed by atoms with Gasteiger partial charge in [0.05, 0.1) is 22.0 Å². The molecule has 120 valence electrons. The first kappa shape index (κ1) is 15.4. The number of carbonyl (C=O) groups excluding carboxylic acids is 2. The Kier molecular flexibility index (Phi) is 4.08. The zero-order valence-electron chi connectivity index (χ0n) is 12.7. The molecule has 0 aliphatic carbocycles. The second-order valence-corrected chi connectivity index (χ2v) is 8.04. The summed E-state index contributed by atoms with van der Waals surface area (Å²) in [6, 6.07) is 17.5. The number of amides is 2. The fraction of sp³-hybridized carbons (Fsp3) is 0.167. The maximum Gasteiger partial charge on any atom is 0.243 e. The first-order valence-corrected chi connectivity index (χ1v) is 9.31. The summed E-state index contributed by atoms with van der Waals surface area (Å²) in [7, 11) is 0. The number of carbonyl (C=O) groups is 2. The first-order chi connectivity index (χ1) is 11.7. The summed E-state index contributed by atoms with van der Waals surface area (Å²) in [6.45, 7) is 0.343. The Hall–Kier alpha value is -2.18. The van der Waals surface area contributed by atoms with Crippen LogP contribution in [0.5, 0.6) is 0 Å². The number of hydrogen-bond donors (Lipinski definition) is 0. The van der Waals surface area contributed by atoms with Crippen LogP contribution in [0.25, 0.3) is 10.2 Å². The number of rotatable bonds is 4. The van der Waals surface area contributed by atoms with Crippen LogP contribution < -0.4 is 0 Å². The fourth-order valence-electron chi connectivity index (χ4n) is 2.70. The fourth-order valence-corrected chi connectivity index (χ4v) is 5.06. The highest BCUT2D eigenvalue weighted by atomic mass is 32.2. The number of imide groups is 1. The second kappa shape index (κ2) is 6.37. The Morgan fingerprint density at radius 2 is 1.83 bits per heavy atom. The molecule has 1 aromatic heterocycles. The van der Waals surface area contributed by atoms with Crippen molar-refractivity contribution >= 4 is 45.1 Å². The molecule has 4 rings (SSSR count). The van der Waals surface area contributed by atoms with Gasteiger partial charge < -0.3 is 0 Å². The van der Waals surface area contributed by atoms with E-state index in [0.29, 0.717) is 6.54 Å². The number of benzene rings is 2. The van der Waals surface area contributed by atoms with Gasteiger partial charge in [0.2, 0.25) is 11.8 Å². The Morgan fingerprint density at radius 3 is 2.62 bits per heavy atom. The lowest BCUT2D eigenvalue weighted by atomic mass is 10.2. The Labute approximate surface area is 147 Å².